The lowest BCUT2D eigenvalue weighted by atomic mass is 10.1. The van der Waals surface area contributed by atoms with Crippen molar-refractivity contribution in [3.8, 4) is 22.6 Å². The summed E-state index contributed by atoms with van der Waals surface area (Å²) in [6.45, 7) is 4.35. The van der Waals surface area contributed by atoms with Gasteiger partial charge in [0.25, 0.3) is 0 Å². The Labute approximate surface area is 183 Å². The molecule has 1 aromatic heterocycles. The number of anilines is 1. The highest BCUT2D eigenvalue weighted by Crippen LogP contribution is 2.37. The van der Waals surface area contributed by atoms with Gasteiger partial charge in [0.2, 0.25) is 17.0 Å². The number of halogens is 1. The van der Waals surface area contributed by atoms with Gasteiger partial charge < -0.3 is 13.8 Å². The Kier molecular flexibility index (Phi) is 6.46. The maximum Gasteiger partial charge on any atom is 0.244 e. The van der Waals surface area contributed by atoms with E-state index in [1.54, 1.807) is 30.3 Å². The van der Waals surface area contributed by atoms with Crippen LogP contribution in [0.3, 0.4) is 0 Å². The molecule has 0 aliphatic carbocycles. The minimum absolute atomic E-state index is 0.208. The van der Waals surface area contributed by atoms with Crippen LogP contribution >= 0.6 is 0 Å². The quantitative estimate of drug-likeness (QED) is 0.592. The van der Waals surface area contributed by atoms with Crippen LogP contribution in [-0.4, -0.2) is 34.4 Å². The zero-order valence-corrected chi connectivity index (χ0v) is 18.3. The highest BCUT2D eigenvalue weighted by molar-refractivity contribution is 7.82. The molecule has 0 bridgehead atoms. The van der Waals surface area contributed by atoms with Gasteiger partial charge in [-0.3, -0.25) is 0 Å². The minimum atomic E-state index is -1.34. The molecule has 0 spiro atoms. The van der Waals surface area contributed by atoms with E-state index in [1.807, 2.05) is 12.4 Å². The normalized spacial score (nSPS) is 16.5. The predicted octanol–water partition coefficient (Wildman–Crippen LogP) is 4.56. The highest BCUT2D eigenvalue weighted by atomic mass is 32.2. The van der Waals surface area contributed by atoms with E-state index in [0.717, 1.165) is 36.6 Å². The van der Waals surface area contributed by atoms with Gasteiger partial charge in [-0.05, 0) is 60.2 Å². The zero-order valence-electron chi connectivity index (χ0n) is 17.5. The lowest BCUT2D eigenvalue weighted by Gasteiger charge is -2.18. The fraction of sp³-hybridized carbons (Fsp3) is 0.304. The fourth-order valence-electron chi connectivity index (χ4n) is 3.44. The molecule has 0 saturated carbocycles. The van der Waals surface area contributed by atoms with Gasteiger partial charge >= 0.3 is 0 Å². The summed E-state index contributed by atoms with van der Waals surface area (Å²) in [5, 5.41) is 0. The highest BCUT2D eigenvalue weighted by Gasteiger charge is 2.24. The van der Waals surface area contributed by atoms with Gasteiger partial charge in [-0.25, -0.2) is 18.6 Å². The van der Waals surface area contributed by atoms with Gasteiger partial charge in [-0.15, -0.1) is 0 Å². The largest absolute Gasteiger partial charge is 0.494 e. The number of ether oxygens (including phenoxy) is 1. The number of hydrogen-bond acceptors (Lipinski definition) is 6. The third-order valence-corrected chi connectivity index (χ3v) is 6.29. The summed E-state index contributed by atoms with van der Waals surface area (Å²) in [6, 6.07) is 10.0. The van der Waals surface area contributed by atoms with Crippen LogP contribution in [0.4, 0.5) is 10.3 Å². The summed E-state index contributed by atoms with van der Waals surface area (Å²) in [6.07, 6.45) is 7.43. The van der Waals surface area contributed by atoms with Crippen molar-refractivity contribution in [1.29, 1.82) is 0 Å². The van der Waals surface area contributed by atoms with Gasteiger partial charge in [-0.2, -0.15) is 0 Å². The molecule has 31 heavy (non-hydrogen) atoms. The maximum absolute atomic E-state index is 13.6. The second-order valence-corrected chi connectivity index (χ2v) is 8.34. The molecule has 8 heteroatoms. The van der Waals surface area contributed by atoms with E-state index >= 15 is 0 Å². The molecule has 1 saturated heterocycles. The number of hydrogen-bond donors (Lipinski definition) is 0. The Morgan fingerprint density at radius 2 is 1.77 bits per heavy atom. The topological polar surface area (TPSA) is 64.6 Å². The second kappa shape index (κ2) is 9.43. The van der Waals surface area contributed by atoms with E-state index in [-0.39, 0.29) is 5.75 Å². The average Bonchev–Trinajstić information content (AvgIpc) is 3.33. The van der Waals surface area contributed by atoms with E-state index in [2.05, 4.69) is 21.8 Å². The van der Waals surface area contributed by atoms with Crippen molar-refractivity contribution in [2.45, 2.75) is 31.1 Å². The van der Waals surface area contributed by atoms with Crippen molar-refractivity contribution in [1.82, 2.24) is 9.97 Å². The summed E-state index contributed by atoms with van der Waals surface area (Å²) < 4.78 is 34.5. The van der Waals surface area contributed by atoms with E-state index < -0.39 is 16.9 Å². The molecular formula is C23H24FN3O3S. The molecule has 3 heterocycles. The number of nitrogens with zero attached hydrogens (tertiary/aromatic N) is 3. The third-order valence-electron chi connectivity index (χ3n) is 5.26. The number of fused-ring (bicyclic) bond motifs is 1. The Morgan fingerprint density at radius 1 is 1.10 bits per heavy atom. The fourth-order valence-corrected chi connectivity index (χ4v) is 4.16. The van der Waals surface area contributed by atoms with E-state index in [0.29, 0.717) is 10.6 Å². The van der Waals surface area contributed by atoms with Crippen LogP contribution in [0.2, 0.25) is 0 Å². The summed E-state index contributed by atoms with van der Waals surface area (Å²) in [7, 11) is 1.42. The van der Waals surface area contributed by atoms with Gasteiger partial charge in [0.15, 0.2) is 17.3 Å². The molecule has 0 N–H and O–H groups in total. The first-order valence-electron chi connectivity index (χ1n) is 10.2. The first kappa shape index (κ1) is 21.2. The first-order valence-corrected chi connectivity index (χ1v) is 11.3. The van der Waals surface area contributed by atoms with Crippen LogP contribution in [0, 0.1) is 5.82 Å². The average molecular weight is 442 g/mol. The standard InChI is InChI=1S/C13H9FO3S.C10H15N3/c1-16-11-4-2-8(6-10(11)14)9-3-5-13-12(7-9)17-18(13)15;1-2-9-7-11-10(12-8-9)13-5-3-4-6-13/h2-7H,1H3;7-8H,2-6H2,1H3. The molecule has 2 aromatic carbocycles. The Hall–Kier alpha value is -3.00. The van der Waals surface area contributed by atoms with Crippen molar-refractivity contribution < 1.29 is 17.5 Å². The summed E-state index contributed by atoms with van der Waals surface area (Å²) in [5.41, 5.74) is 2.74. The molecule has 0 radical (unpaired) electrons. The molecule has 3 aromatic rings. The number of benzene rings is 2. The zero-order chi connectivity index (χ0) is 21.8. The van der Waals surface area contributed by atoms with Crippen molar-refractivity contribution in [2.24, 2.45) is 0 Å². The number of aryl methyl sites for hydroxylation is 1. The van der Waals surface area contributed by atoms with Gasteiger partial charge in [0, 0.05) is 25.5 Å². The van der Waals surface area contributed by atoms with Crippen molar-refractivity contribution in [3.63, 3.8) is 0 Å². The van der Waals surface area contributed by atoms with Crippen molar-refractivity contribution >= 4 is 17.0 Å². The van der Waals surface area contributed by atoms with Crippen LogP contribution in [0.5, 0.6) is 11.5 Å². The summed E-state index contributed by atoms with van der Waals surface area (Å²) >= 11 is -1.34. The molecule has 5 rings (SSSR count). The molecule has 1 fully saturated rings. The lowest BCUT2D eigenvalue weighted by Crippen LogP contribution is -2.20. The molecular weight excluding hydrogens is 417 g/mol. The minimum Gasteiger partial charge on any atom is -0.494 e. The van der Waals surface area contributed by atoms with Crippen molar-refractivity contribution in [3.05, 3.63) is 60.2 Å². The Bertz CT molecular complexity index is 1090. The van der Waals surface area contributed by atoms with Gasteiger partial charge in [-0.1, -0.05) is 19.1 Å². The SMILES string of the molecule is CCc1cnc(N2CCCC2)nc1.COc1ccc(-c2ccc3c(c2)OS3=O)cc1F. The van der Waals surface area contributed by atoms with E-state index in [4.69, 9.17) is 8.92 Å². The smallest absolute Gasteiger partial charge is 0.244 e. The predicted molar refractivity (Wildman–Crippen MR) is 118 cm³/mol. The van der Waals surface area contributed by atoms with Crippen LogP contribution < -0.4 is 13.8 Å². The molecule has 2 aliphatic rings. The second-order valence-electron chi connectivity index (χ2n) is 7.27. The number of methoxy groups -OCH3 is 1. The molecule has 2 aliphatic heterocycles. The third kappa shape index (κ3) is 4.69. The van der Waals surface area contributed by atoms with Crippen LogP contribution in [0.25, 0.3) is 11.1 Å². The maximum atomic E-state index is 13.6. The molecule has 162 valence electrons. The van der Waals surface area contributed by atoms with Crippen molar-refractivity contribution in [2.75, 3.05) is 25.1 Å². The molecule has 1 atom stereocenters. The Balaban J connectivity index is 0.000000158. The van der Waals surface area contributed by atoms with Gasteiger partial charge in [0.05, 0.1) is 7.11 Å². The number of aromatic nitrogens is 2. The van der Waals surface area contributed by atoms with Crippen LogP contribution in [-0.2, 0) is 17.5 Å². The molecule has 0 amide bonds. The lowest BCUT2D eigenvalue weighted by molar-refractivity contribution is 0.386. The van der Waals surface area contributed by atoms with Gasteiger partial charge in [0.1, 0.15) is 4.90 Å². The Morgan fingerprint density at radius 3 is 2.35 bits per heavy atom. The summed E-state index contributed by atoms with van der Waals surface area (Å²) in [4.78, 5) is 11.6. The molecule has 6 nitrogen and oxygen atoms in total. The summed E-state index contributed by atoms with van der Waals surface area (Å²) in [5.74, 6) is 1.28. The van der Waals surface area contributed by atoms with Crippen LogP contribution in [0.15, 0.2) is 53.7 Å². The molecule has 1 unspecified atom stereocenters. The number of rotatable bonds is 4. The van der Waals surface area contributed by atoms with E-state index in [9.17, 15) is 8.60 Å². The van der Waals surface area contributed by atoms with E-state index in [1.165, 1.54) is 31.6 Å². The first-order chi connectivity index (χ1) is 15.1. The van der Waals surface area contributed by atoms with Crippen LogP contribution in [0.1, 0.15) is 25.3 Å². The monoisotopic (exact) mass is 441 g/mol.